The maximum absolute atomic E-state index is 2.72. The molecule has 0 unspecified atom stereocenters. The fourth-order valence-electron chi connectivity index (χ4n) is 2.75. The molecule has 0 aromatic carbocycles. The maximum Gasteiger partial charge on any atom is 0.0121 e. The van der Waals surface area contributed by atoms with Crippen LogP contribution in [-0.4, -0.2) is 24.0 Å². The third-order valence-corrected chi connectivity index (χ3v) is 3.43. The zero-order valence-electron chi connectivity index (χ0n) is 7.55. The molecule has 2 fully saturated rings. The Hall–Kier alpha value is -0.0400. The van der Waals surface area contributed by atoms with Crippen LogP contribution >= 0.6 is 0 Å². The molecule has 0 aliphatic carbocycles. The van der Waals surface area contributed by atoms with E-state index < -0.39 is 0 Å². The molecule has 2 heterocycles. The van der Waals surface area contributed by atoms with Gasteiger partial charge in [-0.3, -0.25) is 0 Å². The van der Waals surface area contributed by atoms with Crippen LogP contribution in [0.1, 0.15) is 39.0 Å². The average molecular weight is 153 g/mol. The summed E-state index contributed by atoms with van der Waals surface area (Å²) < 4.78 is 0. The summed E-state index contributed by atoms with van der Waals surface area (Å²) in [6.45, 7) is 5.21. The van der Waals surface area contributed by atoms with Crippen molar-refractivity contribution in [2.24, 2.45) is 5.92 Å². The molecule has 0 N–H and O–H groups in total. The fraction of sp³-hybridized carbons (Fsp3) is 1.00. The van der Waals surface area contributed by atoms with Gasteiger partial charge in [0.2, 0.25) is 0 Å². The first kappa shape index (κ1) is 7.60. The predicted molar refractivity (Wildman–Crippen MR) is 47.6 cm³/mol. The van der Waals surface area contributed by atoms with Crippen LogP contribution in [0.2, 0.25) is 0 Å². The van der Waals surface area contributed by atoms with Gasteiger partial charge < -0.3 is 4.90 Å². The van der Waals surface area contributed by atoms with E-state index in [1.165, 1.54) is 45.2 Å². The fourth-order valence-corrected chi connectivity index (χ4v) is 2.75. The molecule has 2 aliphatic rings. The third-order valence-electron chi connectivity index (χ3n) is 3.43. The van der Waals surface area contributed by atoms with E-state index in [1.807, 2.05) is 0 Å². The summed E-state index contributed by atoms with van der Waals surface area (Å²) in [4.78, 5) is 2.72. The second-order valence-electron chi connectivity index (χ2n) is 4.22. The van der Waals surface area contributed by atoms with Crippen molar-refractivity contribution in [2.75, 3.05) is 13.1 Å². The van der Waals surface area contributed by atoms with Crippen molar-refractivity contribution in [3.63, 3.8) is 0 Å². The van der Waals surface area contributed by atoms with Gasteiger partial charge in [-0.05, 0) is 44.7 Å². The summed E-state index contributed by atoms with van der Waals surface area (Å²) in [5, 5.41) is 0. The van der Waals surface area contributed by atoms with Gasteiger partial charge >= 0.3 is 0 Å². The Morgan fingerprint density at radius 2 is 1.82 bits per heavy atom. The average Bonchev–Trinajstić information content (AvgIpc) is 2.40. The van der Waals surface area contributed by atoms with Crippen molar-refractivity contribution in [1.82, 2.24) is 4.90 Å². The Kier molecular flexibility index (Phi) is 2.17. The first-order valence-electron chi connectivity index (χ1n) is 5.12. The van der Waals surface area contributed by atoms with E-state index in [0.29, 0.717) is 0 Å². The third kappa shape index (κ3) is 1.44. The highest BCUT2D eigenvalue weighted by Gasteiger charge is 2.30. The van der Waals surface area contributed by atoms with Crippen molar-refractivity contribution in [1.29, 1.82) is 0 Å². The monoisotopic (exact) mass is 153 g/mol. The van der Waals surface area contributed by atoms with Gasteiger partial charge in [0, 0.05) is 6.04 Å². The van der Waals surface area contributed by atoms with Gasteiger partial charge in [-0.1, -0.05) is 13.3 Å². The van der Waals surface area contributed by atoms with E-state index in [9.17, 15) is 0 Å². The lowest BCUT2D eigenvalue weighted by molar-refractivity contribution is 0.216. The van der Waals surface area contributed by atoms with Crippen LogP contribution in [-0.2, 0) is 0 Å². The first-order chi connectivity index (χ1) is 5.38. The van der Waals surface area contributed by atoms with Gasteiger partial charge in [0.05, 0.1) is 0 Å². The molecule has 0 saturated carbocycles. The van der Waals surface area contributed by atoms with Crippen LogP contribution in [0.15, 0.2) is 0 Å². The lowest BCUT2D eigenvalue weighted by Crippen LogP contribution is -2.32. The van der Waals surface area contributed by atoms with E-state index in [4.69, 9.17) is 0 Å². The molecule has 11 heavy (non-hydrogen) atoms. The molecule has 2 aliphatic heterocycles. The van der Waals surface area contributed by atoms with Gasteiger partial charge in [-0.15, -0.1) is 0 Å². The van der Waals surface area contributed by atoms with Gasteiger partial charge in [0.25, 0.3) is 0 Å². The molecular weight excluding hydrogens is 134 g/mol. The molecule has 2 saturated heterocycles. The number of nitrogens with zero attached hydrogens (tertiary/aromatic N) is 1. The second kappa shape index (κ2) is 3.14. The smallest absolute Gasteiger partial charge is 0.0121 e. The molecule has 2 atom stereocenters. The Labute approximate surface area is 69.8 Å². The van der Waals surface area contributed by atoms with E-state index in [2.05, 4.69) is 11.8 Å². The number of hydrogen-bond donors (Lipinski definition) is 0. The molecule has 0 spiro atoms. The minimum Gasteiger partial charge on any atom is -0.300 e. The SMILES string of the molecule is C[C@H]1CCCCN2CCC[C@@H]12. The highest BCUT2D eigenvalue weighted by Crippen LogP contribution is 2.29. The lowest BCUT2D eigenvalue weighted by atomic mass is 9.96. The first-order valence-corrected chi connectivity index (χ1v) is 5.12. The van der Waals surface area contributed by atoms with Crippen LogP contribution in [0.3, 0.4) is 0 Å². The molecule has 0 aromatic heterocycles. The predicted octanol–water partition coefficient (Wildman–Crippen LogP) is 2.27. The van der Waals surface area contributed by atoms with Gasteiger partial charge in [-0.25, -0.2) is 0 Å². The molecule has 0 radical (unpaired) electrons. The van der Waals surface area contributed by atoms with Crippen LogP contribution in [0, 0.1) is 5.92 Å². The van der Waals surface area contributed by atoms with Crippen molar-refractivity contribution < 1.29 is 0 Å². The zero-order chi connectivity index (χ0) is 7.68. The standard InChI is InChI=1S/C10H19N/c1-9-5-2-3-7-11-8-4-6-10(9)11/h9-10H,2-8H2,1H3/t9-,10-/m0/s1. The summed E-state index contributed by atoms with van der Waals surface area (Å²) in [6.07, 6.45) is 7.31. The Balaban J connectivity index is 2.03. The number of hydrogen-bond acceptors (Lipinski definition) is 1. The molecule has 64 valence electrons. The zero-order valence-corrected chi connectivity index (χ0v) is 7.55. The quantitative estimate of drug-likeness (QED) is 0.516. The Bertz CT molecular complexity index is 133. The molecular formula is C10H19N. The van der Waals surface area contributed by atoms with Gasteiger partial charge in [0.1, 0.15) is 0 Å². The van der Waals surface area contributed by atoms with E-state index in [1.54, 1.807) is 0 Å². The van der Waals surface area contributed by atoms with Crippen molar-refractivity contribution in [3.05, 3.63) is 0 Å². The summed E-state index contributed by atoms with van der Waals surface area (Å²) in [6, 6.07) is 0.956. The molecule has 0 amide bonds. The molecule has 0 aromatic rings. The summed E-state index contributed by atoms with van der Waals surface area (Å²) in [5.41, 5.74) is 0. The molecule has 0 bridgehead atoms. The van der Waals surface area contributed by atoms with E-state index >= 15 is 0 Å². The summed E-state index contributed by atoms with van der Waals surface area (Å²) >= 11 is 0. The van der Waals surface area contributed by atoms with E-state index in [-0.39, 0.29) is 0 Å². The summed E-state index contributed by atoms with van der Waals surface area (Å²) in [7, 11) is 0. The Morgan fingerprint density at radius 3 is 2.73 bits per heavy atom. The Morgan fingerprint density at radius 1 is 1.00 bits per heavy atom. The summed E-state index contributed by atoms with van der Waals surface area (Å²) in [5.74, 6) is 0.972. The van der Waals surface area contributed by atoms with Crippen molar-refractivity contribution in [2.45, 2.75) is 45.1 Å². The number of rotatable bonds is 0. The molecule has 1 nitrogen and oxygen atoms in total. The highest BCUT2D eigenvalue weighted by atomic mass is 15.2. The second-order valence-corrected chi connectivity index (χ2v) is 4.22. The topological polar surface area (TPSA) is 3.24 Å². The van der Waals surface area contributed by atoms with Crippen LogP contribution in [0.5, 0.6) is 0 Å². The molecule has 2 rings (SSSR count). The van der Waals surface area contributed by atoms with Crippen LogP contribution < -0.4 is 0 Å². The lowest BCUT2D eigenvalue weighted by Gasteiger charge is -2.25. The number of fused-ring (bicyclic) bond motifs is 1. The van der Waals surface area contributed by atoms with Crippen LogP contribution in [0.4, 0.5) is 0 Å². The maximum atomic E-state index is 2.72. The van der Waals surface area contributed by atoms with Crippen molar-refractivity contribution >= 4 is 0 Å². The molecule has 1 heteroatoms. The van der Waals surface area contributed by atoms with Crippen LogP contribution in [0.25, 0.3) is 0 Å². The highest BCUT2D eigenvalue weighted by molar-refractivity contribution is 4.85. The van der Waals surface area contributed by atoms with E-state index in [0.717, 1.165) is 12.0 Å². The minimum absolute atomic E-state index is 0.956. The van der Waals surface area contributed by atoms with Gasteiger partial charge in [-0.2, -0.15) is 0 Å². The largest absolute Gasteiger partial charge is 0.300 e. The van der Waals surface area contributed by atoms with Crippen molar-refractivity contribution in [3.8, 4) is 0 Å². The van der Waals surface area contributed by atoms with Gasteiger partial charge in [0.15, 0.2) is 0 Å². The minimum atomic E-state index is 0.956. The normalized spacial score (nSPS) is 40.1.